The molecule has 0 aromatic rings. The minimum absolute atomic E-state index is 0.321. The molecule has 8 atom stereocenters. The topological polar surface area (TPSA) is 55.8 Å². The minimum atomic E-state index is -0.644. The van der Waals surface area contributed by atoms with E-state index in [9.17, 15) is 4.79 Å². The Hall–Kier alpha value is -0.870. The molecule has 0 unspecified atom stereocenters. The van der Waals surface area contributed by atoms with Crippen molar-refractivity contribution in [3.05, 3.63) is 11.6 Å². The summed E-state index contributed by atoms with van der Waals surface area (Å²) in [4.78, 5) is 11.1. The van der Waals surface area contributed by atoms with Crippen LogP contribution in [0.25, 0.3) is 0 Å². The second-order valence-corrected chi connectivity index (χ2v) is 11.5. The van der Waals surface area contributed by atoms with Crippen LogP contribution in [-0.4, -0.2) is 30.6 Å². The Morgan fingerprint density at radius 1 is 1.19 bits per heavy atom. The van der Waals surface area contributed by atoms with E-state index in [1.165, 1.54) is 38.5 Å². The van der Waals surface area contributed by atoms with Gasteiger partial charge in [0.1, 0.15) is 6.79 Å². The van der Waals surface area contributed by atoms with E-state index in [-0.39, 0.29) is 0 Å². The first-order chi connectivity index (χ1) is 14.8. The van der Waals surface area contributed by atoms with Gasteiger partial charge >= 0.3 is 5.97 Å². The molecule has 0 heterocycles. The number of carbonyl (C=O) groups is 1. The van der Waals surface area contributed by atoms with E-state index in [1.807, 2.05) is 6.92 Å². The predicted molar refractivity (Wildman–Crippen MR) is 123 cm³/mol. The number of ether oxygens (including phenoxy) is 2. The summed E-state index contributed by atoms with van der Waals surface area (Å²) in [5.74, 6) is 3.00. The third kappa shape index (κ3) is 4.24. The van der Waals surface area contributed by atoms with Gasteiger partial charge in [0, 0.05) is 13.0 Å². The number of fused-ring (bicyclic) bond motifs is 5. The number of hydrogen-bond acceptors (Lipinski definition) is 3. The molecule has 4 rings (SSSR count). The van der Waals surface area contributed by atoms with Crippen LogP contribution in [0.15, 0.2) is 11.6 Å². The fraction of sp³-hybridized carbons (Fsp3) is 0.889. The molecule has 3 saturated carbocycles. The average Bonchev–Trinajstić information content (AvgIpc) is 3.09. The Kier molecular flexibility index (Phi) is 6.89. The normalized spacial score (nSPS) is 42.8. The monoisotopic (exact) mass is 432 g/mol. The minimum Gasteiger partial charge on any atom is -0.481 e. The van der Waals surface area contributed by atoms with E-state index >= 15 is 0 Å². The molecule has 0 aliphatic heterocycles. The first kappa shape index (κ1) is 23.3. The zero-order valence-electron chi connectivity index (χ0n) is 20.2. The molecule has 0 aromatic carbocycles. The van der Waals surface area contributed by atoms with Gasteiger partial charge in [-0.05, 0) is 105 Å². The fourth-order valence-corrected chi connectivity index (χ4v) is 8.53. The lowest BCUT2D eigenvalue weighted by atomic mass is 9.47. The van der Waals surface area contributed by atoms with Crippen LogP contribution in [-0.2, 0) is 14.3 Å². The Labute approximate surface area is 189 Å². The second-order valence-electron chi connectivity index (χ2n) is 11.5. The lowest BCUT2D eigenvalue weighted by Crippen LogP contribution is -2.51. The smallest absolute Gasteiger partial charge is 0.303 e. The Morgan fingerprint density at radius 3 is 2.74 bits per heavy atom. The zero-order valence-corrected chi connectivity index (χ0v) is 20.2. The third-order valence-electron chi connectivity index (χ3n) is 10.2. The maximum Gasteiger partial charge on any atom is 0.303 e. The molecule has 4 aliphatic carbocycles. The maximum atomic E-state index is 11.1. The van der Waals surface area contributed by atoms with Crippen LogP contribution < -0.4 is 0 Å². The van der Waals surface area contributed by atoms with Crippen LogP contribution in [0.3, 0.4) is 0 Å². The average molecular weight is 433 g/mol. The summed E-state index contributed by atoms with van der Waals surface area (Å²) in [5.41, 5.74) is 2.41. The summed E-state index contributed by atoms with van der Waals surface area (Å²) in [5, 5.41) is 9.15. The molecule has 3 fully saturated rings. The summed E-state index contributed by atoms with van der Waals surface area (Å²) >= 11 is 0. The Bertz CT molecular complexity index is 687. The van der Waals surface area contributed by atoms with Crippen molar-refractivity contribution >= 4 is 5.97 Å². The molecule has 31 heavy (non-hydrogen) atoms. The predicted octanol–water partition coefficient (Wildman–Crippen LogP) is 6.45. The number of rotatable bonds is 8. The highest BCUT2D eigenvalue weighted by molar-refractivity contribution is 5.66. The van der Waals surface area contributed by atoms with E-state index in [2.05, 4.69) is 26.8 Å². The second kappa shape index (κ2) is 9.17. The summed E-state index contributed by atoms with van der Waals surface area (Å²) in [6, 6.07) is 0. The van der Waals surface area contributed by atoms with E-state index in [4.69, 9.17) is 14.6 Å². The van der Waals surface area contributed by atoms with Crippen LogP contribution >= 0.6 is 0 Å². The molecule has 0 spiro atoms. The van der Waals surface area contributed by atoms with E-state index < -0.39 is 5.97 Å². The first-order valence-corrected chi connectivity index (χ1v) is 12.9. The molecule has 4 heteroatoms. The molecule has 4 nitrogen and oxygen atoms in total. The Balaban J connectivity index is 1.46. The molecule has 1 N–H and O–H groups in total. The number of allylic oxidation sites excluding steroid dienone is 1. The summed E-state index contributed by atoms with van der Waals surface area (Å²) in [6.07, 6.45) is 14.1. The summed E-state index contributed by atoms with van der Waals surface area (Å²) < 4.78 is 11.4. The van der Waals surface area contributed by atoms with Crippen molar-refractivity contribution in [3.8, 4) is 0 Å². The lowest BCUT2D eigenvalue weighted by molar-refractivity contribution is -0.137. The van der Waals surface area contributed by atoms with Gasteiger partial charge in [-0.1, -0.05) is 32.4 Å². The third-order valence-corrected chi connectivity index (χ3v) is 10.2. The number of hydrogen-bond donors (Lipinski definition) is 1. The van der Waals surface area contributed by atoms with E-state index in [0.717, 1.165) is 37.0 Å². The van der Waals surface area contributed by atoms with Crippen molar-refractivity contribution in [2.45, 2.75) is 98.0 Å². The van der Waals surface area contributed by atoms with Crippen molar-refractivity contribution in [2.75, 3.05) is 13.4 Å². The van der Waals surface area contributed by atoms with E-state index in [1.54, 1.807) is 5.57 Å². The molecule has 0 aromatic heterocycles. The van der Waals surface area contributed by atoms with Crippen LogP contribution in [0.1, 0.15) is 91.9 Å². The van der Waals surface area contributed by atoms with Crippen LogP contribution in [0.5, 0.6) is 0 Å². The van der Waals surface area contributed by atoms with Crippen LogP contribution in [0.4, 0.5) is 0 Å². The van der Waals surface area contributed by atoms with E-state index in [0.29, 0.717) is 48.6 Å². The quantitative estimate of drug-likeness (QED) is 0.272. The lowest BCUT2D eigenvalue weighted by Gasteiger charge is -2.58. The molecule has 0 radical (unpaired) electrons. The van der Waals surface area contributed by atoms with Crippen LogP contribution in [0.2, 0.25) is 0 Å². The van der Waals surface area contributed by atoms with Crippen LogP contribution in [0, 0.1) is 40.4 Å². The van der Waals surface area contributed by atoms with Crippen molar-refractivity contribution in [2.24, 2.45) is 40.4 Å². The maximum absolute atomic E-state index is 11.1. The molecular formula is C27H44O4. The van der Waals surface area contributed by atoms with Gasteiger partial charge in [-0.3, -0.25) is 4.79 Å². The molecule has 4 aliphatic rings. The fourth-order valence-electron chi connectivity index (χ4n) is 8.53. The molecule has 0 amide bonds. The number of carboxylic acids is 1. The van der Waals surface area contributed by atoms with Gasteiger partial charge < -0.3 is 14.6 Å². The molecule has 0 saturated heterocycles. The van der Waals surface area contributed by atoms with Gasteiger partial charge in [0.15, 0.2) is 0 Å². The molecular weight excluding hydrogens is 388 g/mol. The van der Waals surface area contributed by atoms with Gasteiger partial charge in [0.25, 0.3) is 0 Å². The summed E-state index contributed by atoms with van der Waals surface area (Å²) in [6.45, 7) is 10.6. The highest BCUT2D eigenvalue weighted by Gasteiger charge is 2.59. The van der Waals surface area contributed by atoms with Gasteiger partial charge in [-0.15, -0.1) is 0 Å². The van der Waals surface area contributed by atoms with Gasteiger partial charge in [-0.2, -0.15) is 0 Å². The van der Waals surface area contributed by atoms with Crippen molar-refractivity contribution in [1.29, 1.82) is 0 Å². The first-order valence-electron chi connectivity index (χ1n) is 12.9. The standard InChI is InChI=1S/C27H44O4/c1-5-30-17-31-20-12-14-26(3)19(16-20)7-8-21-23-10-9-22(18(2)6-11-25(28)29)27(23,4)15-13-24(21)26/h7,18,20-24H,5-6,8-17H2,1-4H3,(H,28,29)/t18-,20+,21+,22-,23+,24+,26+,27-/m1/s1. The largest absolute Gasteiger partial charge is 0.481 e. The van der Waals surface area contributed by atoms with Crippen molar-refractivity contribution < 1.29 is 19.4 Å². The van der Waals surface area contributed by atoms with Crippen molar-refractivity contribution in [1.82, 2.24) is 0 Å². The van der Waals surface area contributed by atoms with Crippen molar-refractivity contribution in [3.63, 3.8) is 0 Å². The number of carboxylic acid groups (broad SMARTS) is 1. The zero-order chi connectivity index (χ0) is 22.2. The van der Waals surface area contributed by atoms with Gasteiger partial charge in [-0.25, -0.2) is 0 Å². The summed E-state index contributed by atoms with van der Waals surface area (Å²) in [7, 11) is 0. The molecule has 176 valence electrons. The molecule has 0 bridgehead atoms. The Morgan fingerprint density at radius 2 is 2.00 bits per heavy atom. The van der Waals surface area contributed by atoms with Gasteiger partial charge in [0.2, 0.25) is 0 Å². The van der Waals surface area contributed by atoms with Gasteiger partial charge in [0.05, 0.1) is 6.10 Å². The SMILES string of the molecule is CCOCO[C@H]1CC[C@@]2(C)C(=CC[C@H]3[C@@H]4CC[C@H]([C@H](C)CCC(=O)O)[C@@]4(C)CC[C@@H]32)C1. The number of aliphatic carboxylic acids is 1. The highest BCUT2D eigenvalue weighted by Crippen LogP contribution is 2.67. The highest BCUT2D eigenvalue weighted by atomic mass is 16.7.